The Hall–Kier alpha value is -2.98. The van der Waals surface area contributed by atoms with Crippen LogP contribution in [0.3, 0.4) is 0 Å². The van der Waals surface area contributed by atoms with Gasteiger partial charge in [0.1, 0.15) is 0 Å². The number of anilines is 1. The molecule has 0 bridgehead atoms. The third-order valence-electron chi connectivity index (χ3n) is 5.22. The van der Waals surface area contributed by atoms with Crippen LogP contribution in [0.5, 0.6) is 5.88 Å². The molecule has 3 aromatic heterocycles. The highest BCUT2D eigenvalue weighted by Gasteiger charge is 2.33. The van der Waals surface area contributed by atoms with Crippen LogP contribution in [0.2, 0.25) is 0 Å². The lowest BCUT2D eigenvalue weighted by molar-refractivity contribution is -0.141. The summed E-state index contributed by atoms with van der Waals surface area (Å²) in [4.78, 5) is 1.92. The van der Waals surface area contributed by atoms with E-state index in [-0.39, 0.29) is 5.92 Å². The van der Waals surface area contributed by atoms with E-state index in [0.29, 0.717) is 43.0 Å². The normalized spacial score (nSPS) is 19.8. The Balaban J connectivity index is 1.20. The number of rotatable bonds is 5. The maximum atomic E-state index is 12.6. The van der Waals surface area contributed by atoms with Crippen LogP contribution in [0, 0.1) is 5.92 Å². The summed E-state index contributed by atoms with van der Waals surface area (Å²) >= 11 is 0. The number of hydrogen-bond donors (Lipinski definition) is 0. The minimum atomic E-state index is -4.48. The highest BCUT2D eigenvalue weighted by Crippen LogP contribution is 2.38. The van der Waals surface area contributed by atoms with Gasteiger partial charge in [-0.25, -0.2) is 0 Å². The van der Waals surface area contributed by atoms with E-state index >= 15 is 0 Å². The van der Waals surface area contributed by atoms with Crippen LogP contribution < -0.4 is 9.64 Å². The van der Waals surface area contributed by atoms with E-state index in [4.69, 9.17) is 4.74 Å². The van der Waals surface area contributed by atoms with E-state index in [1.807, 2.05) is 11.0 Å². The number of aromatic nitrogens is 6. The molecule has 152 valence electrons. The number of ether oxygens (including phenoxy) is 1. The van der Waals surface area contributed by atoms with Crippen LogP contribution in [-0.4, -0.2) is 49.7 Å². The largest absolute Gasteiger partial charge is 0.476 e. The summed E-state index contributed by atoms with van der Waals surface area (Å²) in [5.74, 6) is 2.48. The Labute approximate surface area is 163 Å². The maximum absolute atomic E-state index is 12.6. The van der Waals surface area contributed by atoms with Crippen LogP contribution in [0.15, 0.2) is 24.3 Å². The van der Waals surface area contributed by atoms with Gasteiger partial charge in [-0.05, 0) is 37.5 Å². The van der Waals surface area contributed by atoms with Crippen molar-refractivity contribution < 1.29 is 17.9 Å². The molecule has 8 nitrogen and oxygen atoms in total. The predicted octanol–water partition coefficient (Wildman–Crippen LogP) is 2.72. The summed E-state index contributed by atoms with van der Waals surface area (Å²) in [6.07, 6.45) is -1.41. The van der Waals surface area contributed by atoms with Crippen LogP contribution in [0.4, 0.5) is 19.0 Å². The standard InChI is InChI=1S/C18H18F3N7O/c19-18(20,21)13-3-4-14(23-22-13)27-8-7-11(9-27)10-29-16-6-5-15-24-25-17(12-1-2-12)28(15)26-16/h3-6,11-12H,1-2,7-10H2. The summed E-state index contributed by atoms with van der Waals surface area (Å²) in [6.45, 7) is 1.80. The monoisotopic (exact) mass is 405 g/mol. The minimum absolute atomic E-state index is 0.223. The van der Waals surface area contributed by atoms with Gasteiger partial charge in [-0.2, -0.15) is 17.7 Å². The molecule has 11 heteroatoms. The van der Waals surface area contributed by atoms with Crippen LogP contribution in [0.25, 0.3) is 5.65 Å². The molecule has 29 heavy (non-hydrogen) atoms. The molecule has 5 rings (SSSR count). The van der Waals surface area contributed by atoms with Gasteiger partial charge >= 0.3 is 6.18 Å². The Morgan fingerprint density at radius 3 is 2.59 bits per heavy atom. The fourth-order valence-corrected chi connectivity index (χ4v) is 3.49. The van der Waals surface area contributed by atoms with Gasteiger partial charge in [0.25, 0.3) is 0 Å². The van der Waals surface area contributed by atoms with Gasteiger partial charge in [0.05, 0.1) is 6.61 Å². The molecule has 1 atom stereocenters. The maximum Gasteiger partial charge on any atom is 0.435 e. The summed E-state index contributed by atoms with van der Waals surface area (Å²) in [7, 11) is 0. The smallest absolute Gasteiger partial charge is 0.435 e. The number of hydrogen-bond acceptors (Lipinski definition) is 7. The number of alkyl halides is 3. The summed E-state index contributed by atoms with van der Waals surface area (Å²) in [5.41, 5.74) is -0.284. The average molecular weight is 405 g/mol. The van der Waals surface area contributed by atoms with Gasteiger partial charge in [0.2, 0.25) is 5.88 Å². The Bertz CT molecular complexity index is 1020. The summed E-state index contributed by atoms with van der Waals surface area (Å²) < 4.78 is 45.5. The first-order chi connectivity index (χ1) is 14.0. The van der Waals surface area contributed by atoms with Crippen molar-refractivity contribution in [1.29, 1.82) is 0 Å². The lowest BCUT2D eigenvalue weighted by atomic mass is 10.1. The second-order valence-corrected chi connectivity index (χ2v) is 7.46. The van der Waals surface area contributed by atoms with E-state index < -0.39 is 11.9 Å². The molecule has 0 aromatic carbocycles. The number of fused-ring (bicyclic) bond motifs is 1. The fourth-order valence-electron chi connectivity index (χ4n) is 3.49. The molecule has 3 aromatic rings. The molecule has 2 fully saturated rings. The molecule has 4 heterocycles. The molecule has 0 radical (unpaired) electrons. The van der Waals surface area contributed by atoms with Gasteiger partial charge in [-0.3, -0.25) is 0 Å². The van der Waals surface area contributed by atoms with Crippen molar-refractivity contribution in [2.45, 2.75) is 31.4 Å². The zero-order chi connectivity index (χ0) is 20.0. The first-order valence-electron chi connectivity index (χ1n) is 9.48. The molecule has 1 aliphatic heterocycles. The van der Waals surface area contributed by atoms with E-state index in [0.717, 1.165) is 31.2 Å². The zero-order valence-electron chi connectivity index (χ0n) is 15.4. The SMILES string of the molecule is FC(F)(F)c1ccc(N2CCC(COc3ccc4nnc(C5CC5)n4n3)C2)nn1. The van der Waals surface area contributed by atoms with Crippen molar-refractivity contribution in [3.63, 3.8) is 0 Å². The average Bonchev–Trinajstić information content (AvgIpc) is 3.29. The van der Waals surface area contributed by atoms with Gasteiger partial charge in [-0.15, -0.1) is 25.5 Å². The van der Waals surface area contributed by atoms with Crippen LogP contribution >= 0.6 is 0 Å². The molecule has 2 aliphatic rings. The Kier molecular flexibility index (Phi) is 4.25. The van der Waals surface area contributed by atoms with Crippen LogP contribution in [-0.2, 0) is 6.18 Å². The molecule has 0 amide bonds. The highest BCUT2D eigenvalue weighted by molar-refractivity contribution is 5.39. The van der Waals surface area contributed by atoms with Gasteiger partial charge < -0.3 is 9.64 Å². The van der Waals surface area contributed by atoms with Gasteiger partial charge in [0.15, 0.2) is 23.0 Å². The fraction of sp³-hybridized carbons (Fsp3) is 0.500. The lowest BCUT2D eigenvalue weighted by Crippen LogP contribution is -2.23. The molecular formula is C18H18F3N7O. The van der Waals surface area contributed by atoms with Crippen molar-refractivity contribution in [1.82, 2.24) is 30.0 Å². The molecule has 1 saturated heterocycles. The molecule has 1 unspecified atom stereocenters. The first-order valence-corrected chi connectivity index (χ1v) is 9.48. The van der Waals surface area contributed by atoms with Gasteiger partial charge in [-0.1, -0.05) is 0 Å². The highest BCUT2D eigenvalue weighted by atomic mass is 19.4. The van der Waals surface area contributed by atoms with Crippen molar-refractivity contribution in [2.24, 2.45) is 5.92 Å². The Morgan fingerprint density at radius 2 is 1.86 bits per heavy atom. The quantitative estimate of drug-likeness (QED) is 0.646. The van der Waals surface area contributed by atoms with E-state index in [9.17, 15) is 13.2 Å². The second kappa shape index (κ2) is 6.82. The minimum Gasteiger partial charge on any atom is -0.476 e. The molecule has 1 saturated carbocycles. The third kappa shape index (κ3) is 3.68. The summed E-state index contributed by atoms with van der Waals surface area (Å²) in [6, 6.07) is 5.93. The van der Waals surface area contributed by atoms with E-state index in [2.05, 4.69) is 25.5 Å². The Morgan fingerprint density at radius 1 is 1.00 bits per heavy atom. The summed E-state index contributed by atoms with van der Waals surface area (Å²) in [5, 5.41) is 19.8. The van der Waals surface area contributed by atoms with E-state index in [1.54, 1.807) is 10.6 Å². The zero-order valence-corrected chi connectivity index (χ0v) is 15.4. The van der Waals surface area contributed by atoms with Crippen molar-refractivity contribution in [3.8, 4) is 5.88 Å². The molecule has 0 spiro atoms. The third-order valence-corrected chi connectivity index (χ3v) is 5.22. The van der Waals surface area contributed by atoms with Gasteiger partial charge in [0, 0.05) is 31.0 Å². The van der Waals surface area contributed by atoms with Crippen molar-refractivity contribution >= 4 is 11.5 Å². The predicted molar refractivity (Wildman–Crippen MR) is 95.6 cm³/mol. The van der Waals surface area contributed by atoms with Crippen LogP contribution in [0.1, 0.15) is 36.7 Å². The first kappa shape index (κ1) is 18.1. The second-order valence-electron chi connectivity index (χ2n) is 7.46. The lowest BCUT2D eigenvalue weighted by Gasteiger charge is -2.17. The molecular weight excluding hydrogens is 387 g/mol. The topological polar surface area (TPSA) is 81.3 Å². The van der Waals surface area contributed by atoms with E-state index in [1.165, 1.54) is 6.07 Å². The number of halogens is 3. The molecule has 1 aliphatic carbocycles. The molecule has 0 N–H and O–H groups in total. The van der Waals surface area contributed by atoms with Crippen molar-refractivity contribution in [2.75, 3.05) is 24.6 Å². The number of nitrogens with zero attached hydrogens (tertiary/aromatic N) is 7. The van der Waals surface area contributed by atoms with Crippen molar-refractivity contribution in [3.05, 3.63) is 35.8 Å².